The fourth-order valence-electron chi connectivity index (χ4n) is 8.29. The fraction of sp³-hybridized carbons (Fsp3) is 0. The molecule has 3 heteroatoms. The lowest BCUT2D eigenvalue weighted by Crippen LogP contribution is -2.10. The molecule has 0 saturated heterocycles. The Morgan fingerprint density at radius 1 is 0.396 bits per heavy atom. The summed E-state index contributed by atoms with van der Waals surface area (Å²) in [6, 6.07) is 69.8. The van der Waals surface area contributed by atoms with Crippen molar-refractivity contribution < 1.29 is 4.42 Å². The fourth-order valence-corrected chi connectivity index (χ4v) is 8.29. The van der Waals surface area contributed by atoms with Gasteiger partial charge in [-0.25, -0.2) is 0 Å². The van der Waals surface area contributed by atoms with Crippen molar-refractivity contribution >= 4 is 82.4 Å². The molecule has 0 amide bonds. The van der Waals surface area contributed by atoms with E-state index in [1.165, 1.54) is 43.4 Å². The van der Waals surface area contributed by atoms with Crippen molar-refractivity contribution in [2.45, 2.75) is 0 Å². The van der Waals surface area contributed by atoms with Crippen LogP contribution in [0.3, 0.4) is 0 Å². The standard InChI is InChI=1S/C50H32N2O/c1-2-14-36-30-38(29-24-33(36)12-1)51(46-22-11-15-34-13-3-4-16-40(34)46)37-27-25-35(26-28-37)44-31-39(32-45-43-19-7-10-23-49(43)53-50(44)45)52-47-20-8-5-17-41(47)42-18-6-9-21-48(42)52/h1-32H. The van der Waals surface area contributed by atoms with Gasteiger partial charge in [-0.15, -0.1) is 0 Å². The van der Waals surface area contributed by atoms with Crippen LogP contribution in [0, 0.1) is 0 Å². The van der Waals surface area contributed by atoms with Gasteiger partial charge in [0, 0.05) is 49.6 Å². The Kier molecular flexibility index (Phi) is 6.55. The van der Waals surface area contributed by atoms with Gasteiger partial charge in [0.25, 0.3) is 0 Å². The lowest BCUT2D eigenvalue weighted by Gasteiger charge is -2.27. The van der Waals surface area contributed by atoms with E-state index in [9.17, 15) is 0 Å². The van der Waals surface area contributed by atoms with Gasteiger partial charge in [0.05, 0.1) is 16.7 Å². The molecule has 0 fully saturated rings. The molecule has 2 aromatic heterocycles. The molecule has 0 radical (unpaired) electrons. The van der Waals surface area contributed by atoms with Gasteiger partial charge in [-0.05, 0) is 82.4 Å². The number of para-hydroxylation sites is 3. The summed E-state index contributed by atoms with van der Waals surface area (Å²) in [7, 11) is 0. The van der Waals surface area contributed by atoms with Gasteiger partial charge >= 0.3 is 0 Å². The third-order valence-electron chi connectivity index (χ3n) is 10.7. The number of fused-ring (bicyclic) bond motifs is 8. The number of furan rings is 1. The first-order valence-electron chi connectivity index (χ1n) is 18.1. The lowest BCUT2D eigenvalue weighted by atomic mass is 10.00. The summed E-state index contributed by atoms with van der Waals surface area (Å²) < 4.78 is 9.07. The van der Waals surface area contributed by atoms with E-state index in [0.717, 1.165) is 55.8 Å². The van der Waals surface area contributed by atoms with Gasteiger partial charge in [0.15, 0.2) is 0 Å². The smallest absolute Gasteiger partial charge is 0.143 e. The number of hydrogen-bond acceptors (Lipinski definition) is 2. The molecule has 0 aliphatic carbocycles. The molecule has 11 rings (SSSR count). The topological polar surface area (TPSA) is 21.3 Å². The predicted octanol–water partition coefficient (Wildman–Crippen LogP) is 14.1. The minimum Gasteiger partial charge on any atom is -0.455 e. The van der Waals surface area contributed by atoms with Crippen molar-refractivity contribution in [3.05, 3.63) is 194 Å². The molecule has 0 N–H and O–H groups in total. The van der Waals surface area contributed by atoms with E-state index in [1.807, 2.05) is 6.07 Å². The molecular weight excluding hydrogens is 645 g/mol. The van der Waals surface area contributed by atoms with E-state index in [1.54, 1.807) is 0 Å². The Morgan fingerprint density at radius 3 is 1.77 bits per heavy atom. The number of nitrogens with zero attached hydrogens (tertiary/aromatic N) is 2. The molecule has 3 nitrogen and oxygen atoms in total. The zero-order valence-electron chi connectivity index (χ0n) is 28.8. The van der Waals surface area contributed by atoms with E-state index in [-0.39, 0.29) is 0 Å². The molecule has 11 aromatic rings. The molecule has 0 saturated carbocycles. The molecule has 9 aromatic carbocycles. The van der Waals surface area contributed by atoms with Crippen LogP contribution in [0.25, 0.3) is 82.1 Å². The Morgan fingerprint density at radius 2 is 1.00 bits per heavy atom. The van der Waals surface area contributed by atoms with Crippen molar-refractivity contribution in [3.63, 3.8) is 0 Å². The highest BCUT2D eigenvalue weighted by Crippen LogP contribution is 2.43. The van der Waals surface area contributed by atoms with Gasteiger partial charge < -0.3 is 13.9 Å². The highest BCUT2D eigenvalue weighted by atomic mass is 16.3. The van der Waals surface area contributed by atoms with Crippen LogP contribution < -0.4 is 4.90 Å². The minimum absolute atomic E-state index is 0.887. The van der Waals surface area contributed by atoms with Gasteiger partial charge in [-0.1, -0.05) is 133 Å². The van der Waals surface area contributed by atoms with Gasteiger partial charge in [0.1, 0.15) is 11.2 Å². The molecule has 0 spiro atoms. The average Bonchev–Trinajstić information content (AvgIpc) is 3.77. The molecule has 0 atom stereocenters. The monoisotopic (exact) mass is 676 g/mol. The Balaban J connectivity index is 1.13. The molecule has 248 valence electrons. The lowest BCUT2D eigenvalue weighted by molar-refractivity contribution is 0.670. The highest BCUT2D eigenvalue weighted by molar-refractivity contribution is 6.13. The summed E-state index contributed by atoms with van der Waals surface area (Å²) >= 11 is 0. The van der Waals surface area contributed by atoms with E-state index >= 15 is 0 Å². The van der Waals surface area contributed by atoms with Crippen LogP contribution in [0.2, 0.25) is 0 Å². The SMILES string of the molecule is c1ccc2cc(N(c3ccc(-c4cc(-n5c6ccccc6c6ccccc65)cc5c4oc4ccccc45)cc3)c3cccc4ccccc34)ccc2c1. The van der Waals surface area contributed by atoms with E-state index in [0.29, 0.717) is 0 Å². The number of hydrogen-bond donors (Lipinski definition) is 0. The minimum atomic E-state index is 0.887. The van der Waals surface area contributed by atoms with Crippen molar-refractivity contribution in [1.29, 1.82) is 0 Å². The second-order valence-corrected chi connectivity index (χ2v) is 13.7. The maximum Gasteiger partial charge on any atom is 0.143 e. The van der Waals surface area contributed by atoms with Crippen LogP contribution in [-0.4, -0.2) is 4.57 Å². The number of rotatable bonds is 5. The summed E-state index contributed by atoms with van der Waals surface area (Å²) in [4.78, 5) is 2.38. The maximum absolute atomic E-state index is 6.67. The summed E-state index contributed by atoms with van der Waals surface area (Å²) in [5.74, 6) is 0. The van der Waals surface area contributed by atoms with Crippen LogP contribution in [0.15, 0.2) is 199 Å². The molecule has 53 heavy (non-hydrogen) atoms. The Bertz CT molecular complexity index is 3130. The molecular formula is C50H32N2O. The van der Waals surface area contributed by atoms with Gasteiger partial charge in [-0.3, -0.25) is 0 Å². The predicted molar refractivity (Wildman–Crippen MR) is 223 cm³/mol. The molecule has 0 aliphatic heterocycles. The summed E-state index contributed by atoms with van der Waals surface area (Å²) in [6.07, 6.45) is 0. The summed E-state index contributed by atoms with van der Waals surface area (Å²) in [5.41, 5.74) is 10.7. The van der Waals surface area contributed by atoms with Crippen LogP contribution in [0.4, 0.5) is 17.1 Å². The molecule has 2 heterocycles. The highest BCUT2D eigenvalue weighted by Gasteiger charge is 2.20. The van der Waals surface area contributed by atoms with Crippen molar-refractivity contribution in [2.24, 2.45) is 0 Å². The first-order chi connectivity index (χ1) is 26.3. The first kappa shape index (κ1) is 29.6. The number of benzene rings is 9. The third kappa shape index (κ3) is 4.68. The zero-order chi connectivity index (χ0) is 34.9. The van der Waals surface area contributed by atoms with E-state index in [4.69, 9.17) is 4.42 Å². The van der Waals surface area contributed by atoms with Crippen LogP contribution >= 0.6 is 0 Å². The normalized spacial score (nSPS) is 11.8. The van der Waals surface area contributed by atoms with E-state index in [2.05, 4.69) is 198 Å². The average molecular weight is 677 g/mol. The van der Waals surface area contributed by atoms with Gasteiger partial charge in [-0.2, -0.15) is 0 Å². The maximum atomic E-state index is 6.67. The summed E-state index contributed by atoms with van der Waals surface area (Å²) in [6.45, 7) is 0. The molecule has 0 unspecified atom stereocenters. The zero-order valence-corrected chi connectivity index (χ0v) is 28.8. The summed E-state index contributed by atoms with van der Waals surface area (Å²) in [5, 5.41) is 9.55. The van der Waals surface area contributed by atoms with Crippen LogP contribution in [-0.2, 0) is 0 Å². The Labute approximate surface area is 306 Å². The van der Waals surface area contributed by atoms with Crippen molar-refractivity contribution in [2.75, 3.05) is 4.90 Å². The quantitative estimate of drug-likeness (QED) is 0.181. The largest absolute Gasteiger partial charge is 0.455 e. The van der Waals surface area contributed by atoms with Crippen LogP contribution in [0.1, 0.15) is 0 Å². The first-order valence-corrected chi connectivity index (χ1v) is 18.1. The van der Waals surface area contributed by atoms with Crippen LogP contribution in [0.5, 0.6) is 0 Å². The second-order valence-electron chi connectivity index (χ2n) is 13.7. The van der Waals surface area contributed by atoms with Gasteiger partial charge in [0.2, 0.25) is 0 Å². The third-order valence-corrected chi connectivity index (χ3v) is 10.7. The number of anilines is 3. The molecule has 0 aliphatic rings. The van der Waals surface area contributed by atoms with Crippen molar-refractivity contribution in [1.82, 2.24) is 4.57 Å². The second kappa shape index (κ2) is 11.7. The molecule has 0 bridgehead atoms. The van der Waals surface area contributed by atoms with E-state index < -0.39 is 0 Å². The number of aromatic nitrogens is 1. The Hall–Kier alpha value is -7.10. The van der Waals surface area contributed by atoms with Crippen molar-refractivity contribution in [3.8, 4) is 16.8 Å².